The Labute approximate surface area is 141 Å². The second kappa shape index (κ2) is 7.53. The largest absolute Gasteiger partial charge is 0.370 e. The van der Waals surface area contributed by atoms with Crippen molar-refractivity contribution in [2.45, 2.75) is 26.3 Å². The van der Waals surface area contributed by atoms with Crippen molar-refractivity contribution < 1.29 is 0 Å². The van der Waals surface area contributed by atoms with E-state index in [1.165, 1.54) is 17.1 Å². The molecule has 23 heavy (non-hydrogen) atoms. The van der Waals surface area contributed by atoms with E-state index >= 15 is 0 Å². The van der Waals surface area contributed by atoms with Crippen LogP contribution in [0.25, 0.3) is 0 Å². The predicted molar refractivity (Wildman–Crippen MR) is 92.3 cm³/mol. The molecule has 2 aromatic rings. The van der Waals surface area contributed by atoms with Gasteiger partial charge in [-0.1, -0.05) is 6.92 Å². The molecule has 0 aromatic carbocycles. The lowest BCUT2D eigenvalue weighted by Crippen LogP contribution is -2.23. The van der Waals surface area contributed by atoms with Crippen molar-refractivity contribution in [2.75, 3.05) is 25.0 Å². The van der Waals surface area contributed by atoms with Gasteiger partial charge >= 0.3 is 0 Å². The van der Waals surface area contributed by atoms with E-state index in [1.54, 1.807) is 23.6 Å². The normalized spacial score (nSPS) is 18.0. The summed E-state index contributed by atoms with van der Waals surface area (Å²) in [5.74, 6) is 1.48. The first kappa shape index (κ1) is 15.9. The summed E-state index contributed by atoms with van der Waals surface area (Å²) in [5.41, 5.74) is 1.80. The van der Waals surface area contributed by atoms with Crippen LogP contribution in [0.3, 0.4) is 0 Å². The molecule has 1 unspecified atom stereocenters. The Hall–Kier alpha value is -1.97. The Balaban J connectivity index is 1.45. The molecular weight excluding hydrogens is 306 g/mol. The van der Waals surface area contributed by atoms with Crippen molar-refractivity contribution in [3.05, 3.63) is 40.0 Å². The molecule has 0 radical (unpaired) electrons. The number of hydrogen-bond acceptors (Lipinski definition) is 6. The molecule has 1 aliphatic heterocycles. The monoisotopic (exact) mass is 327 g/mol. The van der Waals surface area contributed by atoms with Gasteiger partial charge in [0.05, 0.1) is 16.3 Å². The summed E-state index contributed by atoms with van der Waals surface area (Å²) in [7, 11) is 0. The minimum Gasteiger partial charge on any atom is -0.370 e. The van der Waals surface area contributed by atoms with Gasteiger partial charge in [-0.15, -0.1) is 11.3 Å². The minimum atomic E-state index is 0.595. The van der Waals surface area contributed by atoms with Crippen molar-refractivity contribution in [3.8, 4) is 6.07 Å². The zero-order valence-corrected chi connectivity index (χ0v) is 14.1. The van der Waals surface area contributed by atoms with Gasteiger partial charge in [-0.05, 0) is 37.4 Å². The average molecular weight is 327 g/mol. The van der Waals surface area contributed by atoms with Crippen molar-refractivity contribution in [3.63, 3.8) is 0 Å². The van der Waals surface area contributed by atoms with Crippen LogP contribution >= 0.6 is 11.3 Å². The molecule has 1 atom stereocenters. The number of pyridine rings is 1. The van der Waals surface area contributed by atoms with Crippen molar-refractivity contribution >= 4 is 17.2 Å². The maximum atomic E-state index is 8.78. The fraction of sp³-hybridized carbons (Fsp3) is 0.471. The van der Waals surface area contributed by atoms with Crippen molar-refractivity contribution in [1.29, 1.82) is 5.26 Å². The highest BCUT2D eigenvalue weighted by molar-refractivity contribution is 7.09. The van der Waals surface area contributed by atoms with Crippen LogP contribution in [0, 0.1) is 17.2 Å². The van der Waals surface area contributed by atoms with Crippen LogP contribution < -0.4 is 5.32 Å². The first-order valence-electron chi connectivity index (χ1n) is 8.02. The van der Waals surface area contributed by atoms with Crippen LogP contribution in [0.15, 0.2) is 23.7 Å². The first-order chi connectivity index (χ1) is 11.3. The number of aryl methyl sites for hydroxylation is 1. The third kappa shape index (κ3) is 4.27. The van der Waals surface area contributed by atoms with Gasteiger partial charge in [0, 0.05) is 31.2 Å². The van der Waals surface area contributed by atoms with Gasteiger partial charge in [0.1, 0.15) is 11.9 Å². The number of anilines is 1. The maximum absolute atomic E-state index is 8.78. The van der Waals surface area contributed by atoms with Crippen LogP contribution in [0.4, 0.5) is 5.82 Å². The van der Waals surface area contributed by atoms with Gasteiger partial charge < -0.3 is 5.32 Å². The Morgan fingerprint density at radius 3 is 3.09 bits per heavy atom. The molecule has 3 heterocycles. The van der Waals surface area contributed by atoms with Crippen molar-refractivity contribution in [1.82, 2.24) is 14.9 Å². The quantitative estimate of drug-likeness (QED) is 0.884. The smallest absolute Gasteiger partial charge is 0.125 e. The number of nitriles is 1. The van der Waals surface area contributed by atoms with Crippen LogP contribution in [0.5, 0.6) is 0 Å². The fourth-order valence-corrected chi connectivity index (χ4v) is 3.59. The van der Waals surface area contributed by atoms with Crippen molar-refractivity contribution in [2.24, 2.45) is 5.92 Å². The Morgan fingerprint density at radius 2 is 2.39 bits per heavy atom. The van der Waals surface area contributed by atoms with Crippen LogP contribution in [0.1, 0.15) is 29.6 Å². The molecular formula is C17H21N5S. The van der Waals surface area contributed by atoms with Crippen LogP contribution in [-0.4, -0.2) is 34.5 Å². The second-order valence-corrected chi connectivity index (χ2v) is 6.84. The van der Waals surface area contributed by atoms with E-state index in [1.807, 2.05) is 6.07 Å². The standard InChI is InChI=1S/C17H21N5S/c1-2-17-21-15(12-23-17)11-22-6-5-14(10-22)9-20-16-4-3-13(7-18)8-19-16/h3-4,8,12,14H,2,5-6,9-11H2,1H3,(H,19,20). The minimum absolute atomic E-state index is 0.595. The number of hydrogen-bond donors (Lipinski definition) is 1. The summed E-state index contributed by atoms with van der Waals surface area (Å²) in [5, 5.41) is 15.6. The average Bonchev–Trinajstić information content (AvgIpc) is 3.23. The van der Waals surface area contributed by atoms with E-state index in [2.05, 4.69) is 38.6 Å². The Morgan fingerprint density at radius 1 is 1.48 bits per heavy atom. The number of nitrogens with zero attached hydrogens (tertiary/aromatic N) is 4. The molecule has 0 bridgehead atoms. The lowest BCUT2D eigenvalue weighted by Gasteiger charge is -2.15. The molecule has 5 nitrogen and oxygen atoms in total. The van der Waals surface area contributed by atoms with E-state index in [4.69, 9.17) is 5.26 Å². The molecule has 2 aromatic heterocycles. The summed E-state index contributed by atoms with van der Waals surface area (Å²) in [6, 6.07) is 5.75. The van der Waals surface area contributed by atoms with Gasteiger partial charge in [0.25, 0.3) is 0 Å². The fourth-order valence-electron chi connectivity index (χ4n) is 2.85. The maximum Gasteiger partial charge on any atom is 0.125 e. The molecule has 0 saturated carbocycles. The molecule has 0 amide bonds. The summed E-state index contributed by atoms with van der Waals surface area (Å²) in [6.45, 7) is 6.26. The third-order valence-electron chi connectivity index (χ3n) is 4.12. The van der Waals surface area contributed by atoms with E-state index in [0.717, 1.165) is 38.4 Å². The van der Waals surface area contributed by atoms with E-state index in [-0.39, 0.29) is 0 Å². The van der Waals surface area contributed by atoms with Crippen LogP contribution in [0.2, 0.25) is 0 Å². The summed E-state index contributed by atoms with van der Waals surface area (Å²) in [4.78, 5) is 11.4. The molecule has 0 spiro atoms. The van der Waals surface area contributed by atoms with E-state index < -0.39 is 0 Å². The molecule has 1 fully saturated rings. The summed E-state index contributed by atoms with van der Waals surface area (Å²) < 4.78 is 0. The number of nitrogens with one attached hydrogen (secondary N) is 1. The summed E-state index contributed by atoms with van der Waals surface area (Å²) in [6.07, 6.45) is 3.83. The van der Waals surface area contributed by atoms with E-state index in [9.17, 15) is 0 Å². The number of likely N-dealkylation sites (tertiary alicyclic amines) is 1. The van der Waals surface area contributed by atoms with Gasteiger partial charge in [0.15, 0.2) is 0 Å². The molecule has 3 rings (SSSR count). The zero-order valence-electron chi connectivity index (χ0n) is 13.3. The highest BCUT2D eigenvalue weighted by atomic mass is 32.1. The Kier molecular flexibility index (Phi) is 5.21. The molecule has 1 aliphatic rings. The van der Waals surface area contributed by atoms with Gasteiger partial charge in [0.2, 0.25) is 0 Å². The number of thiazole rings is 1. The molecule has 1 saturated heterocycles. The SMILES string of the molecule is CCc1nc(CN2CCC(CNc3ccc(C#N)cn3)C2)cs1. The zero-order chi connectivity index (χ0) is 16.1. The lowest BCUT2D eigenvalue weighted by molar-refractivity contribution is 0.315. The predicted octanol–water partition coefficient (Wildman–Crippen LogP) is 2.91. The molecule has 1 N–H and O–H groups in total. The lowest BCUT2D eigenvalue weighted by atomic mass is 10.1. The highest BCUT2D eigenvalue weighted by Crippen LogP contribution is 2.20. The molecule has 120 valence electrons. The third-order valence-corrected chi connectivity index (χ3v) is 5.16. The van der Waals surface area contributed by atoms with E-state index in [0.29, 0.717) is 11.5 Å². The summed E-state index contributed by atoms with van der Waals surface area (Å²) >= 11 is 1.76. The molecule has 0 aliphatic carbocycles. The number of aromatic nitrogens is 2. The van der Waals surface area contributed by atoms with Gasteiger partial charge in [-0.2, -0.15) is 5.26 Å². The number of rotatable bonds is 6. The topological polar surface area (TPSA) is 64.8 Å². The Bertz CT molecular complexity index is 673. The second-order valence-electron chi connectivity index (χ2n) is 5.90. The van der Waals surface area contributed by atoms with Gasteiger partial charge in [-0.25, -0.2) is 9.97 Å². The molecule has 6 heteroatoms. The highest BCUT2D eigenvalue weighted by Gasteiger charge is 2.22. The van der Waals surface area contributed by atoms with Crippen LogP contribution in [-0.2, 0) is 13.0 Å². The van der Waals surface area contributed by atoms with Gasteiger partial charge in [-0.3, -0.25) is 4.90 Å². The first-order valence-corrected chi connectivity index (χ1v) is 8.90.